The Balaban J connectivity index is 1.21. The Kier molecular flexibility index (Phi) is 7.02. The molecule has 2 aromatic heterocycles. The largest absolute Gasteiger partial charge is 0.496 e. The summed E-state index contributed by atoms with van der Waals surface area (Å²) in [6.07, 6.45) is 1.70. The number of carbonyl (C=O) groups is 1. The van der Waals surface area contributed by atoms with Gasteiger partial charge in [-0.05, 0) is 64.9 Å². The van der Waals surface area contributed by atoms with E-state index in [0.717, 1.165) is 55.0 Å². The molecular weight excluding hydrogens is 516 g/mol. The van der Waals surface area contributed by atoms with Gasteiger partial charge in [0.2, 0.25) is 0 Å². The highest BCUT2D eigenvalue weighted by atomic mass is 35.5. The van der Waals surface area contributed by atoms with Crippen LogP contribution in [0, 0.1) is 0 Å². The molecule has 3 aromatic carbocycles. The van der Waals surface area contributed by atoms with Crippen molar-refractivity contribution in [2.45, 2.75) is 6.54 Å². The number of amides is 1. The molecule has 10 heteroatoms. The number of hydrogen-bond acceptors (Lipinski definition) is 7. The number of nitrogens with zero attached hydrogens (tertiary/aromatic N) is 4. The molecule has 0 saturated carbocycles. The molecule has 1 fully saturated rings. The molecule has 1 aliphatic rings. The average Bonchev–Trinajstić information content (AvgIpc) is 3.35. The molecule has 1 aliphatic heterocycles. The first-order valence-corrected chi connectivity index (χ1v) is 13.0. The first-order valence-electron chi connectivity index (χ1n) is 12.7. The fourth-order valence-corrected chi connectivity index (χ4v) is 4.83. The minimum atomic E-state index is -0.242. The van der Waals surface area contributed by atoms with Crippen LogP contribution in [0.3, 0.4) is 0 Å². The third-order valence-electron chi connectivity index (χ3n) is 6.73. The summed E-state index contributed by atoms with van der Waals surface area (Å²) in [6.45, 7) is 4.27. The summed E-state index contributed by atoms with van der Waals surface area (Å²) < 4.78 is 12.6. The zero-order valence-electron chi connectivity index (χ0n) is 21.4. The van der Waals surface area contributed by atoms with Crippen LogP contribution >= 0.6 is 11.6 Å². The monoisotopic (exact) mass is 542 g/mol. The van der Waals surface area contributed by atoms with E-state index in [-0.39, 0.29) is 5.91 Å². The molecule has 0 bridgehead atoms. The fraction of sp³-hybridized carbons (Fsp3) is 0.207. The summed E-state index contributed by atoms with van der Waals surface area (Å²) in [6, 6.07) is 21.0. The van der Waals surface area contributed by atoms with Crippen molar-refractivity contribution >= 4 is 51.1 Å². The third kappa shape index (κ3) is 5.51. The van der Waals surface area contributed by atoms with Gasteiger partial charge in [-0.25, -0.2) is 4.98 Å². The van der Waals surface area contributed by atoms with Gasteiger partial charge in [0, 0.05) is 31.0 Å². The van der Waals surface area contributed by atoms with Crippen LogP contribution in [0.2, 0.25) is 5.15 Å². The maximum atomic E-state index is 13.3. The Labute approximate surface area is 230 Å². The summed E-state index contributed by atoms with van der Waals surface area (Å²) in [7, 11) is 1.57. The summed E-state index contributed by atoms with van der Waals surface area (Å²) >= 11 is 6.07. The van der Waals surface area contributed by atoms with Gasteiger partial charge in [0.25, 0.3) is 5.91 Å². The van der Waals surface area contributed by atoms with Gasteiger partial charge in [-0.2, -0.15) is 9.61 Å². The second kappa shape index (κ2) is 10.9. The summed E-state index contributed by atoms with van der Waals surface area (Å²) in [5.74, 6) is 0.939. The highest BCUT2D eigenvalue weighted by Gasteiger charge is 2.16. The van der Waals surface area contributed by atoms with Gasteiger partial charge in [0.1, 0.15) is 10.9 Å². The highest BCUT2D eigenvalue weighted by Crippen LogP contribution is 2.30. The fourth-order valence-electron chi connectivity index (χ4n) is 4.69. The SMILES string of the molecule is COc1cc2ccc(Nc3cnc4ccc(Cl)nn34)cc2cc1C(=O)Nc1ccc(CN2CCOCC2)cc1. The van der Waals surface area contributed by atoms with Crippen molar-refractivity contribution in [2.75, 3.05) is 44.0 Å². The summed E-state index contributed by atoms with van der Waals surface area (Å²) in [5.41, 5.74) is 3.87. The normalized spacial score (nSPS) is 14.0. The number of fused-ring (bicyclic) bond motifs is 2. The maximum absolute atomic E-state index is 13.3. The zero-order chi connectivity index (χ0) is 26.8. The minimum absolute atomic E-state index is 0.242. The number of anilines is 3. The van der Waals surface area contributed by atoms with Crippen LogP contribution in [0.1, 0.15) is 15.9 Å². The first kappa shape index (κ1) is 25.1. The number of methoxy groups -OCH3 is 1. The lowest BCUT2D eigenvalue weighted by Gasteiger charge is -2.26. The molecule has 1 saturated heterocycles. The van der Waals surface area contributed by atoms with E-state index in [2.05, 4.69) is 25.6 Å². The minimum Gasteiger partial charge on any atom is -0.496 e. The van der Waals surface area contributed by atoms with Gasteiger partial charge in [-0.15, -0.1) is 0 Å². The number of carbonyl (C=O) groups excluding carboxylic acids is 1. The number of nitrogens with one attached hydrogen (secondary N) is 2. The quantitative estimate of drug-likeness (QED) is 0.285. The van der Waals surface area contributed by atoms with Gasteiger partial charge >= 0.3 is 0 Å². The Morgan fingerprint density at radius 1 is 1.00 bits per heavy atom. The molecule has 0 unspecified atom stereocenters. The van der Waals surface area contributed by atoms with E-state index in [1.807, 2.05) is 54.6 Å². The van der Waals surface area contributed by atoms with E-state index in [1.165, 1.54) is 5.56 Å². The predicted molar refractivity (Wildman–Crippen MR) is 152 cm³/mol. The van der Waals surface area contributed by atoms with Crippen molar-refractivity contribution in [1.29, 1.82) is 0 Å². The predicted octanol–water partition coefficient (Wildman–Crippen LogP) is 5.37. The van der Waals surface area contributed by atoms with Gasteiger partial charge in [-0.3, -0.25) is 9.69 Å². The van der Waals surface area contributed by atoms with E-state index in [1.54, 1.807) is 30.0 Å². The Morgan fingerprint density at radius 3 is 2.59 bits per heavy atom. The molecular formula is C29H27ClN6O3. The van der Waals surface area contributed by atoms with Crippen molar-refractivity contribution < 1.29 is 14.3 Å². The van der Waals surface area contributed by atoms with Gasteiger partial charge in [0.15, 0.2) is 11.5 Å². The van der Waals surface area contributed by atoms with Gasteiger partial charge in [-0.1, -0.05) is 29.8 Å². The molecule has 6 rings (SSSR count). The number of imidazole rings is 1. The van der Waals surface area contributed by atoms with Crippen LogP contribution in [0.25, 0.3) is 16.4 Å². The summed E-state index contributed by atoms with van der Waals surface area (Å²) in [4.78, 5) is 20.0. The van der Waals surface area contributed by atoms with Crippen molar-refractivity contribution in [2.24, 2.45) is 0 Å². The molecule has 198 valence electrons. The lowest BCUT2D eigenvalue weighted by Crippen LogP contribution is -2.35. The number of halogens is 1. The summed E-state index contributed by atoms with van der Waals surface area (Å²) in [5, 5.41) is 12.8. The van der Waals surface area contributed by atoms with E-state index in [9.17, 15) is 4.79 Å². The molecule has 9 nitrogen and oxygen atoms in total. The zero-order valence-corrected chi connectivity index (χ0v) is 22.1. The van der Waals surface area contributed by atoms with Crippen molar-refractivity contribution in [3.63, 3.8) is 0 Å². The topological polar surface area (TPSA) is 93.0 Å². The molecule has 0 aliphatic carbocycles. The lowest BCUT2D eigenvalue weighted by atomic mass is 10.0. The third-order valence-corrected chi connectivity index (χ3v) is 6.93. The first-order chi connectivity index (χ1) is 19.1. The number of rotatable bonds is 7. The van der Waals surface area contributed by atoms with Crippen LogP contribution in [-0.4, -0.2) is 58.8 Å². The molecule has 39 heavy (non-hydrogen) atoms. The molecule has 0 atom stereocenters. The van der Waals surface area contributed by atoms with Gasteiger partial charge in [0.05, 0.1) is 32.1 Å². The molecule has 3 heterocycles. The molecule has 0 spiro atoms. The van der Waals surface area contributed by atoms with E-state index >= 15 is 0 Å². The Morgan fingerprint density at radius 2 is 1.79 bits per heavy atom. The number of benzene rings is 3. The Bertz CT molecular complexity index is 1650. The van der Waals surface area contributed by atoms with Crippen molar-refractivity contribution in [3.05, 3.63) is 89.2 Å². The lowest BCUT2D eigenvalue weighted by molar-refractivity contribution is 0.0342. The van der Waals surface area contributed by atoms with Crippen molar-refractivity contribution in [3.8, 4) is 5.75 Å². The molecule has 5 aromatic rings. The van der Waals surface area contributed by atoms with E-state index < -0.39 is 0 Å². The Hall–Kier alpha value is -4.18. The van der Waals surface area contributed by atoms with Gasteiger partial charge < -0.3 is 20.1 Å². The second-order valence-corrected chi connectivity index (χ2v) is 9.74. The number of hydrogen-bond donors (Lipinski definition) is 2. The van der Waals surface area contributed by atoms with Crippen LogP contribution < -0.4 is 15.4 Å². The smallest absolute Gasteiger partial charge is 0.259 e. The average molecular weight is 543 g/mol. The molecule has 2 N–H and O–H groups in total. The van der Waals surface area contributed by atoms with Crippen LogP contribution in [0.5, 0.6) is 5.75 Å². The van der Waals surface area contributed by atoms with Crippen LogP contribution in [0.15, 0.2) is 72.9 Å². The van der Waals surface area contributed by atoms with Crippen LogP contribution in [-0.2, 0) is 11.3 Å². The second-order valence-electron chi connectivity index (χ2n) is 9.35. The number of aromatic nitrogens is 3. The van der Waals surface area contributed by atoms with Crippen LogP contribution in [0.4, 0.5) is 17.2 Å². The molecule has 1 amide bonds. The van der Waals surface area contributed by atoms with E-state index in [4.69, 9.17) is 21.1 Å². The molecule has 0 radical (unpaired) electrons. The van der Waals surface area contributed by atoms with E-state index in [0.29, 0.717) is 27.9 Å². The standard InChI is InChI=1S/C29H27ClN6O3/c1-38-25-16-20-4-7-23(32-28-17-31-27-9-8-26(30)34-36(27)28)14-21(20)15-24(25)29(37)33-22-5-2-19(3-6-22)18-35-10-12-39-13-11-35/h2-9,14-17,32H,10-13,18H2,1H3,(H,33,37). The maximum Gasteiger partial charge on any atom is 0.259 e. The number of morpholine rings is 1. The van der Waals surface area contributed by atoms with Crippen molar-refractivity contribution in [1.82, 2.24) is 19.5 Å². The highest BCUT2D eigenvalue weighted by molar-refractivity contribution is 6.29. The number of ether oxygens (including phenoxy) is 2.